The molecule has 0 bridgehead atoms. The molecular formula is C17H17N5OS. The van der Waals surface area contributed by atoms with Gasteiger partial charge in [-0.15, -0.1) is 21.5 Å². The second-order valence-electron chi connectivity index (χ2n) is 6.05. The van der Waals surface area contributed by atoms with Crippen LogP contribution in [0.4, 0.5) is 0 Å². The van der Waals surface area contributed by atoms with Crippen LogP contribution in [0.1, 0.15) is 33.1 Å². The highest BCUT2D eigenvalue weighted by molar-refractivity contribution is 7.12. The van der Waals surface area contributed by atoms with Gasteiger partial charge in [-0.1, -0.05) is 29.8 Å². The van der Waals surface area contributed by atoms with Crippen molar-refractivity contribution in [1.82, 2.24) is 25.5 Å². The molecule has 1 unspecified atom stereocenters. The van der Waals surface area contributed by atoms with Gasteiger partial charge in [0, 0.05) is 24.6 Å². The lowest BCUT2D eigenvalue weighted by Crippen LogP contribution is -2.28. The summed E-state index contributed by atoms with van der Waals surface area (Å²) in [4.78, 5) is 15.5. The molecule has 24 heavy (non-hydrogen) atoms. The minimum absolute atomic E-state index is 0.0550. The van der Waals surface area contributed by atoms with Crippen LogP contribution in [-0.4, -0.2) is 44.5 Å². The van der Waals surface area contributed by atoms with E-state index in [1.165, 1.54) is 22.5 Å². The predicted octanol–water partition coefficient (Wildman–Crippen LogP) is 2.87. The Bertz CT molecular complexity index is 840. The van der Waals surface area contributed by atoms with E-state index in [4.69, 9.17) is 0 Å². The van der Waals surface area contributed by atoms with Gasteiger partial charge in [0.05, 0.1) is 0 Å². The molecule has 4 rings (SSSR count). The number of aryl methyl sites for hydroxylation is 1. The molecule has 1 atom stereocenters. The molecule has 122 valence electrons. The van der Waals surface area contributed by atoms with Gasteiger partial charge in [0.25, 0.3) is 5.91 Å². The molecule has 2 aromatic heterocycles. The summed E-state index contributed by atoms with van der Waals surface area (Å²) in [6.45, 7) is 3.62. The Hall–Kier alpha value is -2.54. The highest BCUT2D eigenvalue weighted by Crippen LogP contribution is 2.32. The van der Waals surface area contributed by atoms with Crippen molar-refractivity contribution in [2.24, 2.45) is 0 Å². The van der Waals surface area contributed by atoms with Gasteiger partial charge >= 0.3 is 0 Å². The zero-order valence-corrected chi connectivity index (χ0v) is 14.1. The summed E-state index contributed by atoms with van der Waals surface area (Å²) in [5, 5.41) is 15.9. The van der Waals surface area contributed by atoms with Crippen LogP contribution in [0.3, 0.4) is 0 Å². The van der Waals surface area contributed by atoms with E-state index >= 15 is 0 Å². The molecule has 3 heterocycles. The van der Waals surface area contributed by atoms with E-state index in [1.807, 2.05) is 16.3 Å². The lowest BCUT2D eigenvalue weighted by Gasteiger charge is -2.16. The third-order valence-corrected chi connectivity index (χ3v) is 5.37. The fourth-order valence-electron chi connectivity index (χ4n) is 3.13. The minimum atomic E-state index is 0.0550. The van der Waals surface area contributed by atoms with Crippen molar-refractivity contribution in [3.63, 3.8) is 0 Å². The number of likely N-dealkylation sites (tertiary alicyclic amines) is 1. The second-order valence-corrected chi connectivity index (χ2v) is 6.96. The molecule has 0 aliphatic carbocycles. The Morgan fingerprint density at radius 2 is 2.12 bits per heavy atom. The highest BCUT2D eigenvalue weighted by atomic mass is 32.1. The Morgan fingerprint density at radius 1 is 1.29 bits per heavy atom. The first-order valence-corrected chi connectivity index (χ1v) is 8.77. The number of carbonyl (C=O) groups excluding carboxylic acids is 1. The molecule has 6 nitrogen and oxygen atoms in total. The zero-order chi connectivity index (χ0) is 16.5. The van der Waals surface area contributed by atoms with Crippen molar-refractivity contribution in [2.75, 3.05) is 13.1 Å². The molecule has 3 aromatic rings. The molecule has 0 saturated carbocycles. The number of aromatic nitrogens is 4. The van der Waals surface area contributed by atoms with Crippen LogP contribution >= 0.6 is 11.3 Å². The number of thiophene rings is 1. The van der Waals surface area contributed by atoms with Crippen LogP contribution in [-0.2, 0) is 0 Å². The highest BCUT2D eigenvalue weighted by Gasteiger charge is 2.30. The van der Waals surface area contributed by atoms with Crippen molar-refractivity contribution < 1.29 is 4.79 Å². The molecule has 0 radical (unpaired) electrons. The number of carbonyl (C=O) groups is 1. The molecule has 1 aromatic carbocycles. The van der Waals surface area contributed by atoms with Gasteiger partial charge in [0.1, 0.15) is 4.88 Å². The summed E-state index contributed by atoms with van der Waals surface area (Å²) in [6, 6.07) is 10.5. The molecule has 1 fully saturated rings. The van der Waals surface area contributed by atoms with Gasteiger partial charge in [-0.25, -0.2) is 0 Å². The smallest absolute Gasteiger partial charge is 0.264 e. The number of hydrogen-bond donors (Lipinski definition) is 1. The van der Waals surface area contributed by atoms with Gasteiger partial charge in [0.2, 0.25) is 5.82 Å². The second kappa shape index (κ2) is 6.16. The summed E-state index contributed by atoms with van der Waals surface area (Å²) in [5.74, 6) is 0.927. The molecular weight excluding hydrogens is 322 g/mol. The molecule has 1 amide bonds. The Morgan fingerprint density at radius 3 is 2.88 bits per heavy atom. The number of H-pyrrole nitrogens is 1. The zero-order valence-electron chi connectivity index (χ0n) is 13.3. The molecule has 1 saturated heterocycles. The Balaban J connectivity index is 1.52. The van der Waals surface area contributed by atoms with Crippen molar-refractivity contribution in [2.45, 2.75) is 19.3 Å². The maximum atomic E-state index is 12.9. The van der Waals surface area contributed by atoms with Crippen molar-refractivity contribution in [1.29, 1.82) is 0 Å². The van der Waals surface area contributed by atoms with E-state index in [9.17, 15) is 4.79 Å². The number of aromatic amines is 1. The standard InChI is InChI=1S/C17H17N5OS/c1-11-2-4-12(5-3-11)13-6-8-22(10-13)17(23)15-14(7-9-24-15)16-18-20-21-19-16/h2-5,7,9,13H,6,8,10H2,1H3,(H,18,19,20,21). The third-order valence-electron chi connectivity index (χ3n) is 4.47. The first-order valence-electron chi connectivity index (χ1n) is 7.89. The van der Waals surface area contributed by atoms with Crippen LogP contribution < -0.4 is 0 Å². The van der Waals surface area contributed by atoms with Crippen LogP contribution in [0.2, 0.25) is 0 Å². The average molecular weight is 339 g/mol. The first kappa shape index (κ1) is 15.0. The van der Waals surface area contributed by atoms with Gasteiger partial charge in [-0.3, -0.25) is 4.79 Å². The van der Waals surface area contributed by atoms with E-state index in [1.54, 1.807) is 0 Å². The maximum Gasteiger partial charge on any atom is 0.264 e. The van der Waals surface area contributed by atoms with Crippen molar-refractivity contribution in [3.8, 4) is 11.4 Å². The summed E-state index contributed by atoms with van der Waals surface area (Å²) < 4.78 is 0. The molecule has 1 aliphatic heterocycles. The average Bonchev–Trinajstić information content (AvgIpc) is 3.34. The van der Waals surface area contributed by atoms with Gasteiger partial charge < -0.3 is 4.90 Å². The normalized spacial score (nSPS) is 17.4. The number of tetrazole rings is 1. The number of nitrogens with one attached hydrogen (secondary N) is 1. The Labute approximate surface area is 143 Å². The summed E-state index contributed by atoms with van der Waals surface area (Å²) in [7, 11) is 0. The lowest BCUT2D eigenvalue weighted by molar-refractivity contribution is 0.0796. The maximum absolute atomic E-state index is 12.9. The number of amides is 1. The number of hydrogen-bond acceptors (Lipinski definition) is 5. The van der Waals surface area contributed by atoms with E-state index in [0.29, 0.717) is 16.6 Å². The van der Waals surface area contributed by atoms with Crippen molar-refractivity contribution in [3.05, 3.63) is 51.7 Å². The minimum Gasteiger partial charge on any atom is -0.337 e. The summed E-state index contributed by atoms with van der Waals surface area (Å²) in [6.07, 6.45) is 0.998. The largest absolute Gasteiger partial charge is 0.337 e. The summed E-state index contributed by atoms with van der Waals surface area (Å²) >= 11 is 1.43. The van der Waals surface area contributed by atoms with Crippen molar-refractivity contribution >= 4 is 17.2 Å². The number of rotatable bonds is 3. The van der Waals surface area contributed by atoms with Crippen LogP contribution in [0, 0.1) is 6.92 Å². The topological polar surface area (TPSA) is 74.8 Å². The fourth-order valence-corrected chi connectivity index (χ4v) is 3.98. The van der Waals surface area contributed by atoms with E-state index < -0.39 is 0 Å². The fraction of sp³-hybridized carbons (Fsp3) is 0.294. The molecule has 1 aliphatic rings. The van der Waals surface area contributed by atoms with Crippen LogP contribution in [0.25, 0.3) is 11.4 Å². The SMILES string of the molecule is Cc1ccc(C2CCN(C(=O)c3sccc3-c3nn[nH]n3)C2)cc1. The van der Waals surface area contributed by atoms with Gasteiger partial charge in [0.15, 0.2) is 0 Å². The predicted molar refractivity (Wildman–Crippen MR) is 91.9 cm³/mol. The lowest BCUT2D eigenvalue weighted by atomic mass is 9.98. The molecule has 7 heteroatoms. The monoisotopic (exact) mass is 339 g/mol. The third kappa shape index (κ3) is 2.71. The number of benzene rings is 1. The Kier molecular flexibility index (Phi) is 3.86. The van der Waals surface area contributed by atoms with E-state index in [2.05, 4.69) is 51.8 Å². The molecule has 0 spiro atoms. The summed E-state index contributed by atoms with van der Waals surface area (Å²) in [5.41, 5.74) is 3.31. The van der Waals surface area contributed by atoms with E-state index in [-0.39, 0.29) is 5.91 Å². The number of nitrogens with zero attached hydrogens (tertiary/aromatic N) is 4. The van der Waals surface area contributed by atoms with Crippen LogP contribution in [0.15, 0.2) is 35.7 Å². The van der Waals surface area contributed by atoms with Gasteiger partial charge in [-0.05, 0) is 35.6 Å². The first-order chi connectivity index (χ1) is 11.7. The molecule has 1 N–H and O–H groups in total. The van der Waals surface area contributed by atoms with Crippen LogP contribution in [0.5, 0.6) is 0 Å². The quantitative estimate of drug-likeness (QED) is 0.796. The van der Waals surface area contributed by atoms with Gasteiger partial charge in [-0.2, -0.15) is 5.21 Å². The van der Waals surface area contributed by atoms with E-state index in [0.717, 1.165) is 25.1 Å².